The van der Waals surface area contributed by atoms with E-state index in [1.807, 2.05) is 60.7 Å². The summed E-state index contributed by atoms with van der Waals surface area (Å²) >= 11 is 0. The molecule has 1 atom stereocenters. The van der Waals surface area contributed by atoms with E-state index in [0.29, 0.717) is 19.8 Å². The van der Waals surface area contributed by atoms with E-state index in [1.165, 1.54) is 0 Å². The van der Waals surface area contributed by atoms with Crippen molar-refractivity contribution < 1.29 is 14.7 Å². The van der Waals surface area contributed by atoms with Crippen LogP contribution in [0.1, 0.15) is 11.1 Å². The van der Waals surface area contributed by atoms with Gasteiger partial charge < -0.3 is 9.84 Å². The molecule has 0 radical (unpaired) electrons. The summed E-state index contributed by atoms with van der Waals surface area (Å²) in [7, 11) is 0. The van der Waals surface area contributed by atoms with E-state index >= 15 is 0 Å². The highest BCUT2D eigenvalue weighted by atomic mass is 16.6. The third kappa shape index (κ3) is 6.51. The molecular weight excluding hydrogens is 266 g/mol. The van der Waals surface area contributed by atoms with Crippen molar-refractivity contribution in [2.45, 2.75) is 19.3 Å². The monoisotopic (exact) mass is 287 g/mol. The van der Waals surface area contributed by atoms with Gasteiger partial charge in [-0.3, -0.25) is 4.84 Å². The van der Waals surface area contributed by atoms with Crippen LogP contribution in [0.4, 0.5) is 0 Å². The molecular formula is C17H21NO3. The van der Waals surface area contributed by atoms with Crippen molar-refractivity contribution in [2.24, 2.45) is 0 Å². The summed E-state index contributed by atoms with van der Waals surface area (Å²) in [6.45, 7) is 1.58. The molecule has 0 spiro atoms. The van der Waals surface area contributed by atoms with Gasteiger partial charge in [-0.15, -0.1) is 0 Å². The molecule has 2 N–H and O–H groups in total. The van der Waals surface area contributed by atoms with Crippen LogP contribution in [0.3, 0.4) is 0 Å². The van der Waals surface area contributed by atoms with Crippen LogP contribution in [-0.4, -0.2) is 24.4 Å². The minimum absolute atomic E-state index is 0.274. The van der Waals surface area contributed by atoms with E-state index in [-0.39, 0.29) is 6.61 Å². The number of benzene rings is 2. The summed E-state index contributed by atoms with van der Waals surface area (Å²) in [6.07, 6.45) is -0.593. The van der Waals surface area contributed by atoms with Crippen molar-refractivity contribution in [3.63, 3.8) is 0 Å². The van der Waals surface area contributed by atoms with Crippen LogP contribution in [0, 0.1) is 0 Å². The number of hydrogen-bond donors (Lipinski definition) is 2. The lowest BCUT2D eigenvalue weighted by Gasteiger charge is -2.12. The molecule has 1 unspecified atom stereocenters. The van der Waals surface area contributed by atoms with E-state index in [9.17, 15) is 5.11 Å². The minimum atomic E-state index is -0.593. The summed E-state index contributed by atoms with van der Waals surface area (Å²) in [5.41, 5.74) is 4.93. The molecule has 0 fully saturated rings. The standard InChI is InChI=1S/C17H21NO3/c19-17(14-20-12-15-7-3-1-4-8-15)11-18-21-13-16-9-5-2-6-10-16/h1-10,17-19H,11-14H2. The topological polar surface area (TPSA) is 50.7 Å². The highest BCUT2D eigenvalue weighted by molar-refractivity contribution is 5.14. The lowest BCUT2D eigenvalue weighted by atomic mass is 10.2. The smallest absolute Gasteiger partial charge is 0.0933 e. The fourth-order valence-corrected chi connectivity index (χ4v) is 1.81. The summed E-state index contributed by atoms with van der Waals surface area (Å²) in [4.78, 5) is 5.29. The zero-order valence-electron chi connectivity index (χ0n) is 11.9. The van der Waals surface area contributed by atoms with Crippen LogP contribution in [0.15, 0.2) is 60.7 Å². The average molecular weight is 287 g/mol. The highest BCUT2D eigenvalue weighted by Gasteiger charge is 2.04. The lowest BCUT2D eigenvalue weighted by Crippen LogP contribution is -2.30. The second-order valence-corrected chi connectivity index (χ2v) is 4.78. The summed E-state index contributed by atoms with van der Waals surface area (Å²) < 4.78 is 5.45. The predicted molar refractivity (Wildman–Crippen MR) is 81.3 cm³/mol. The Labute approximate surface area is 125 Å². The Balaban J connectivity index is 1.52. The van der Waals surface area contributed by atoms with Crippen LogP contribution in [0.5, 0.6) is 0 Å². The first-order valence-corrected chi connectivity index (χ1v) is 7.03. The number of aliphatic hydroxyl groups is 1. The quantitative estimate of drug-likeness (QED) is 0.549. The number of hydrogen-bond acceptors (Lipinski definition) is 4. The molecule has 0 saturated carbocycles. The predicted octanol–water partition coefficient (Wildman–Crippen LogP) is 2.29. The Morgan fingerprint density at radius 2 is 1.43 bits per heavy atom. The van der Waals surface area contributed by atoms with Crippen molar-refractivity contribution in [3.05, 3.63) is 71.8 Å². The van der Waals surface area contributed by atoms with Gasteiger partial charge in [-0.2, -0.15) is 5.48 Å². The number of rotatable bonds is 9. The fraction of sp³-hybridized carbons (Fsp3) is 0.294. The maximum absolute atomic E-state index is 9.76. The molecule has 4 heteroatoms. The van der Waals surface area contributed by atoms with Crippen LogP contribution in [0.25, 0.3) is 0 Å². The second kappa shape index (κ2) is 9.26. The molecule has 0 bridgehead atoms. The van der Waals surface area contributed by atoms with Crippen molar-refractivity contribution in [1.82, 2.24) is 5.48 Å². The van der Waals surface area contributed by atoms with Crippen LogP contribution in [-0.2, 0) is 22.8 Å². The van der Waals surface area contributed by atoms with Crippen LogP contribution < -0.4 is 5.48 Å². The van der Waals surface area contributed by atoms with Gasteiger partial charge >= 0.3 is 0 Å². The van der Waals surface area contributed by atoms with E-state index in [0.717, 1.165) is 11.1 Å². The largest absolute Gasteiger partial charge is 0.389 e. The summed E-state index contributed by atoms with van der Waals surface area (Å²) in [5, 5.41) is 9.76. The van der Waals surface area contributed by atoms with E-state index < -0.39 is 6.10 Å². The normalized spacial score (nSPS) is 12.2. The van der Waals surface area contributed by atoms with Crippen molar-refractivity contribution in [3.8, 4) is 0 Å². The van der Waals surface area contributed by atoms with Gasteiger partial charge in [-0.25, -0.2) is 0 Å². The first-order valence-electron chi connectivity index (χ1n) is 7.03. The Bertz CT molecular complexity index is 490. The summed E-state index contributed by atoms with van der Waals surface area (Å²) in [5.74, 6) is 0. The Morgan fingerprint density at radius 3 is 2.05 bits per heavy atom. The van der Waals surface area contributed by atoms with E-state index in [4.69, 9.17) is 9.57 Å². The van der Waals surface area contributed by atoms with Crippen molar-refractivity contribution in [1.29, 1.82) is 0 Å². The van der Waals surface area contributed by atoms with Gasteiger partial charge in [0.05, 0.1) is 25.9 Å². The highest BCUT2D eigenvalue weighted by Crippen LogP contribution is 2.01. The molecule has 0 aliphatic carbocycles. The molecule has 4 nitrogen and oxygen atoms in total. The Kier molecular flexibility index (Phi) is 6.91. The van der Waals surface area contributed by atoms with Gasteiger partial charge in [-0.1, -0.05) is 60.7 Å². The van der Waals surface area contributed by atoms with Gasteiger partial charge in [0.15, 0.2) is 0 Å². The van der Waals surface area contributed by atoms with E-state index in [2.05, 4.69) is 5.48 Å². The van der Waals surface area contributed by atoms with Gasteiger partial charge in [0.25, 0.3) is 0 Å². The number of nitrogens with one attached hydrogen (secondary N) is 1. The first kappa shape index (κ1) is 15.7. The van der Waals surface area contributed by atoms with Gasteiger partial charge in [0.2, 0.25) is 0 Å². The third-order valence-corrected chi connectivity index (χ3v) is 2.92. The zero-order valence-corrected chi connectivity index (χ0v) is 11.9. The molecule has 21 heavy (non-hydrogen) atoms. The SMILES string of the molecule is OC(CNOCc1ccccc1)COCc1ccccc1. The molecule has 112 valence electrons. The molecule has 0 heterocycles. The Morgan fingerprint density at radius 1 is 0.857 bits per heavy atom. The first-order chi connectivity index (χ1) is 10.3. The fourth-order valence-electron chi connectivity index (χ4n) is 1.81. The number of aliphatic hydroxyl groups excluding tert-OH is 1. The Hall–Kier alpha value is -1.72. The molecule has 0 aromatic heterocycles. The second-order valence-electron chi connectivity index (χ2n) is 4.78. The van der Waals surface area contributed by atoms with Gasteiger partial charge in [0, 0.05) is 6.54 Å². The lowest BCUT2D eigenvalue weighted by molar-refractivity contribution is -0.0245. The minimum Gasteiger partial charge on any atom is -0.389 e. The molecule has 0 amide bonds. The van der Waals surface area contributed by atoms with Crippen molar-refractivity contribution in [2.75, 3.05) is 13.2 Å². The molecule has 2 aromatic carbocycles. The number of hydroxylamine groups is 1. The third-order valence-electron chi connectivity index (χ3n) is 2.92. The molecule has 2 aromatic rings. The van der Waals surface area contributed by atoms with Crippen LogP contribution in [0.2, 0.25) is 0 Å². The zero-order chi connectivity index (χ0) is 14.8. The van der Waals surface area contributed by atoms with Crippen molar-refractivity contribution >= 4 is 0 Å². The maximum Gasteiger partial charge on any atom is 0.0933 e. The molecule has 2 rings (SSSR count). The van der Waals surface area contributed by atoms with Crippen LogP contribution >= 0.6 is 0 Å². The van der Waals surface area contributed by atoms with E-state index in [1.54, 1.807) is 0 Å². The summed E-state index contributed by atoms with van der Waals surface area (Å²) in [6, 6.07) is 19.7. The van der Waals surface area contributed by atoms with Gasteiger partial charge in [0.1, 0.15) is 0 Å². The van der Waals surface area contributed by atoms with Gasteiger partial charge in [-0.05, 0) is 11.1 Å². The maximum atomic E-state index is 9.76. The number of ether oxygens (including phenoxy) is 1. The molecule has 0 aliphatic heterocycles. The molecule has 0 aliphatic rings. The molecule has 0 saturated heterocycles. The average Bonchev–Trinajstić information content (AvgIpc) is 2.54.